The molecule has 0 aliphatic carbocycles. The summed E-state index contributed by atoms with van der Waals surface area (Å²) in [5, 5.41) is 0. The molecule has 1 rings (SSSR count). The summed E-state index contributed by atoms with van der Waals surface area (Å²) in [7, 11) is 0. The predicted octanol–water partition coefficient (Wildman–Crippen LogP) is 4.38. The molecule has 0 fully saturated rings. The number of benzene rings is 1. The fourth-order valence-electron chi connectivity index (χ4n) is 1.63. The zero-order chi connectivity index (χ0) is 10.2. The van der Waals surface area contributed by atoms with Gasteiger partial charge in [-0.15, -0.1) is 0 Å². The van der Waals surface area contributed by atoms with E-state index in [1.807, 2.05) is 0 Å². The molecule has 0 atom stereocenters. The zero-order valence-corrected chi connectivity index (χ0v) is 9.42. The van der Waals surface area contributed by atoms with Gasteiger partial charge in [-0.3, -0.25) is 0 Å². The molecule has 0 nitrogen and oxygen atoms in total. The molecule has 1 radical (unpaired) electrons. The highest BCUT2D eigenvalue weighted by atomic mass is 14.0. The third kappa shape index (κ3) is 3.95. The summed E-state index contributed by atoms with van der Waals surface area (Å²) >= 11 is 0. The lowest BCUT2D eigenvalue weighted by molar-refractivity contribution is 0.667. The Bertz CT molecular complexity index is 233. The highest BCUT2D eigenvalue weighted by molar-refractivity contribution is 5.26. The molecule has 0 heteroatoms. The van der Waals surface area contributed by atoms with Gasteiger partial charge in [0, 0.05) is 0 Å². The highest BCUT2D eigenvalue weighted by Crippen LogP contribution is 2.10. The highest BCUT2D eigenvalue weighted by Gasteiger charge is 1.93. The standard InChI is InChI=1S/C14H21/c1-3-5-6-7-8-14-11-9-13(4-2)10-12-14/h4,9-12H,3,5-8H2,1-2H3. The molecule has 0 amide bonds. The Morgan fingerprint density at radius 3 is 2.29 bits per heavy atom. The smallest absolute Gasteiger partial charge is 0.0124 e. The molecular weight excluding hydrogens is 168 g/mol. The topological polar surface area (TPSA) is 0 Å². The fourth-order valence-corrected chi connectivity index (χ4v) is 1.63. The summed E-state index contributed by atoms with van der Waals surface area (Å²) in [5.41, 5.74) is 2.80. The second-order valence-corrected chi connectivity index (χ2v) is 3.84. The van der Waals surface area contributed by atoms with Gasteiger partial charge in [0.2, 0.25) is 0 Å². The van der Waals surface area contributed by atoms with Crippen molar-refractivity contribution in [3.05, 3.63) is 41.8 Å². The van der Waals surface area contributed by atoms with E-state index in [2.05, 4.69) is 44.5 Å². The maximum absolute atomic E-state index is 2.26. The van der Waals surface area contributed by atoms with Crippen LogP contribution in [0.25, 0.3) is 0 Å². The van der Waals surface area contributed by atoms with E-state index in [4.69, 9.17) is 0 Å². The summed E-state index contributed by atoms with van der Waals surface area (Å²) in [6.45, 7) is 4.34. The molecule has 0 bridgehead atoms. The van der Waals surface area contributed by atoms with Crippen molar-refractivity contribution >= 4 is 0 Å². The van der Waals surface area contributed by atoms with Crippen LogP contribution in [-0.2, 0) is 6.42 Å². The van der Waals surface area contributed by atoms with Crippen LogP contribution in [0, 0.1) is 6.42 Å². The first kappa shape index (κ1) is 11.3. The molecule has 77 valence electrons. The summed E-state index contributed by atoms with van der Waals surface area (Å²) in [6, 6.07) is 8.91. The van der Waals surface area contributed by atoms with Crippen LogP contribution in [0.5, 0.6) is 0 Å². The number of rotatable bonds is 6. The molecule has 0 aromatic heterocycles. The van der Waals surface area contributed by atoms with E-state index < -0.39 is 0 Å². The summed E-state index contributed by atoms with van der Waals surface area (Å²) in [6.07, 6.45) is 8.79. The minimum absolute atomic E-state index is 1.24. The van der Waals surface area contributed by atoms with E-state index in [1.165, 1.54) is 43.2 Å². The Kier molecular flexibility index (Phi) is 5.36. The van der Waals surface area contributed by atoms with Crippen LogP contribution in [0.4, 0.5) is 0 Å². The summed E-state index contributed by atoms with van der Waals surface area (Å²) < 4.78 is 0. The van der Waals surface area contributed by atoms with Gasteiger partial charge in [0.05, 0.1) is 0 Å². The van der Waals surface area contributed by atoms with E-state index >= 15 is 0 Å². The Morgan fingerprint density at radius 2 is 1.71 bits per heavy atom. The maximum atomic E-state index is 2.26. The molecular formula is C14H21. The summed E-state index contributed by atoms with van der Waals surface area (Å²) in [4.78, 5) is 0. The molecule has 1 aromatic rings. The fraction of sp³-hybridized carbons (Fsp3) is 0.500. The van der Waals surface area contributed by atoms with E-state index in [-0.39, 0.29) is 0 Å². The second-order valence-electron chi connectivity index (χ2n) is 3.84. The summed E-state index contributed by atoms with van der Waals surface area (Å²) in [5.74, 6) is 0. The van der Waals surface area contributed by atoms with Crippen molar-refractivity contribution in [3.63, 3.8) is 0 Å². The molecule has 14 heavy (non-hydrogen) atoms. The molecule has 0 saturated carbocycles. The zero-order valence-electron chi connectivity index (χ0n) is 9.42. The lowest BCUT2D eigenvalue weighted by Crippen LogP contribution is -1.86. The third-order valence-corrected chi connectivity index (χ3v) is 2.63. The molecule has 0 aliphatic heterocycles. The molecule has 0 unspecified atom stereocenters. The average Bonchev–Trinajstić information content (AvgIpc) is 2.25. The monoisotopic (exact) mass is 189 g/mol. The second kappa shape index (κ2) is 6.64. The van der Waals surface area contributed by atoms with Crippen LogP contribution in [0.3, 0.4) is 0 Å². The minimum Gasteiger partial charge on any atom is -0.0654 e. The third-order valence-electron chi connectivity index (χ3n) is 2.63. The van der Waals surface area contributed by atoms with Crippen LogP contribution < -0.4 is 0 Å². The van der Waals surface area contributed by atoms with Gasteiger partial charge in [-0.05, 0) is 30.4 Å². The van der Waals surface area contributed by atoms with Crippen molar-refractivity contribution in [3.8, 4) is 0 Å². The van der Waals surface area contributed by atoms with Crippen molar-refractivity contribution in [2.75, 3.05) is 0 Å². The van der Waals surface area contributed by atoms with Crippen molar-refractivity contribution in [1.29, 1.82) is 0 Å². The SMILES string of the molecule is C[CH]c1ccc(CCCCCC)cc1. The molecule has 0 N–H and O–H groups in total. The number of aryl methyl sites for hydroxylation is 1. The van der Waals surface area contributed by atoms with Crippen molar-refractivity contribution in [2.24, 2.45) is 0 Å². The molecule has 1 aromatic carbocycles. The number of hydrogen-bond acceptors (Lipinski definition) is 0. The van der Waals surface area contributed by atoms with Gasteiger partial charge < -0.3 is 0 Å². The Morgan fingerprint density at radius 1 is 1.00 bits per heavy atom. The van der Waals surface area contributed by atoms with Crippen LogP contribution in [-0.4, -0.2) is 0 Å². The first-order valence-electron chi connectivity index (χ1n) is 5.75. The van der Waals surface area contributed by atoms with Gasteiger partial charge >= 0.3 is 0 Å². The van der Waals surface area contributed by atoms with Gasteiger partial charge in [-0.1, -0.05) is 57.4 Å². The van der Waals surface area contributed by atoms with Gasteiger partial charge in [-0.2, -0.15) is 0 Å². The van der Waals surface area contributed by atoms with Crippen molar-refractivity contribution in [1.82, 2.24) is 0 Å². The Balaban J connectivity index is 2.29. The molecule has 0 aliphatic rings. The van der Waals surface area contributed by atoms with E-state index in [0.29, 0.717) is 0 Å². The maximum Gasteiger partial charge on any atom is -0.0124 e. The Labute approximate surface area is 88.4 Å². The van der Waals surface area contributed by atoms with Gasteiger partial charge in [0.15, 0.2) is 0 Å². The minimum atomic E-state index is 1.24. The van der Waals surface area contributed by atoms with E-state index in [1.54, 1.807) is 0 Å². The van der Waals surface area contributed by atoms with Crippen molar-refractivity contribution < 1.29 is 0 Å². The average molecular weight is 189 g/mol. The largest absolute Gasteiger partial charge is 0.0654 e. The van der Waals surface area contributed by atoms with Crippen LogP contribution >= 0.6 is 0 Å². The van der Waals surface area contributed by atoms with E-state index in [0.717, 1.165) is 0 Å². The first-order chi connectivity index (χ1) is 6.86. The lowest BCUT2D eigenvalue weighted by atomic mass is 10.0. The van der Waals surface area contributed by atoms with Crippen LogP contribution in [0.1, 0.15) is 50.7 Å². The van der Waals surface area contributed by atoms with Crippen LogP contribution in [0.2, 0.25) is 0 Å². The molecule has 0 spiro atoms. The number of unbranched alkanes of at least 4 members (excludes halogenated alkanes) is 3. The quantitative estimate of drug-likeness (QED) is 0.582. The van der Waals surface area contributed by atoms with Crippen LogP contribution in [0.15, 0.2) is 24.3 Å². The lowest BCUT2D eigenvalue weighted by Gasteiger charge is -2.02. The van der Waals surface area contributed by atoms with Crippen molar-refractivity contribution in [2.45, 2.75) is 46.0 Å². The van der Waals surface area contributed by atoms with Gasteiger partial charge in [-0.25, -0.2) is 0 Å². The normalized spacial score (nSPS) is 10.4. The number of hydrogen-bond donors (Lipinski definition) is 0. The molecule has 0 saturated heterocycles. The molecule has 0 heterocycles. The van der Waals surface area contributed by atoms with Gasteiger partial charge in [0.25, 0.3) is 0 Å². The first-order valence-corrected chi connectivity index (χ1v) is 5.75. The Hall–Kier alpha value is -0.780. The van der Waals surface area contributed by atoms with Gasteiger partial charge in [0.1, 0.15) is 0 Å². The predicted molar refractivity (Wildman–Crippen MR) is 63.4 cm³/mol. The van der Waals surface area contributed by atoms with E-state index in [9.17, 15) is 0 Å².